The Kier molecular flexibility index (Phi) is 8.26. The number of amides is 1. The van der Waals surface area contributed by atoms with Crippen LogP contribution in [0.25, 0.3) is 0 Å². The number of para-hydroxylation sites is 2. The van der Waals surface area contributed by atoms with Crippen molar-refractivity contribution >= 4 is 17.5 Å². The molecule has 3 aromatic carbocycles. The van der Waals surface area contributed by atoms with Gasteiger partial charge in [-0.3, -0.25) is 4.90 Å². The minimum Gasteiger partial charge on any atom is -0.449 e. The van der Waals surface area contributed by atoms with Gasteiger partial charge in [0.25, 0.3) is 0 Å². The number of ether oxygens (including phenoxy) is 1. The second-order valence-corrected chi connectivity index (χ2v) is 10.3. The number of anilines is 2. The maximum Gasteiger partial charge on any atom is 0.410 e. The van der Waals surface area contributed by atoms with E-state index in [-0.39, 0.29) is 18.2 Å². The zero-order valence-corrected chi connectivity index (χ0v) is 21.5. The number of carbonyl (C=O) groups excluding carboxylic acids is 1. The number of carbonyl (C=O) groups is 1. The second-order valence-electron chi connectivity index (χ2n) is 10.3. The topological polar surface area (TPSA) is 70.8 Å². The van der Waals surface area contributed by atoms with E-state index in [1.54, 1.807) is 0 Å². The van der Waals surface area contributed by atoms with E-state index in [0.717, 1.165) is 63.1 Å². The summed E-state index contributed by atoms with van der Waals surface area (Å²) in [7, 11) is 0. The maximum atomic E-state index is 13.1. The number of rotatable bonds is 10. The van der Waals surface area contributed by atoms with E-state index in [4.69, 9.17) is 10.5 Å². The molecule has 2 heterocycles. The molecule has 2 aliphatic rings. The van der Waals surface area contributed by atoms with Crippen LogP contribution in [-0.4, -0.2) is 47.2 Å². The van der Waals surface area contributed by atoms with Gasteiger partial charge in [-0.25, -0.2) is 4.79 Å². The van der Waals surface area contributed by atoms with Crippen LogP contribution in [0.4, 0.5) is 16.2 Å². The highest BCUT2D eigenvalue weighted by molar-refractivity contribution is 5.70. The Morgan fingerprint density at radius 1 is 0.865 bits per heavy atom. The Hall–Kier alpha value is -3.51. The number of piperidine rings is 1. The van der Waals surface area contributed by atoms with Crippen LogP contribution >= 0.6 is 0 Å². The first-order chi connectivity index (χ1) is 18.2. The molecule has 3 N–H and O–H groups in total. The highest BCUT2D eigenvalue weighted by atomic mass is 16.6. The van der Waals surface area contributed by atoms with Crippen molar-refractivity contribution in [2.45, 2.75) is 63.3 Å². The predicted octanol–water partition coefficient (Wildman–Crippen LogP) is 5.91. The lowest BCUT2D eigenvalue weighted by atomic mass is 9.97. The second kappa shape index (κ2) is 12.2. The Morgan fingerprint density at radius 3 is 2.03 bits per heavy atom. The summed E-state index contributed by atoms with van der Waals surface area (Å²) in [5, 5.41) is 3.60. The Labute approximate surface area is 220 Å². The molecule has 2 bridgehead atoms. The lowest BCUT2D eigenvalue weighted by Crippen LogP contribution is -2.50. The molecule has 5 rings (SSSR count). The van der Waals surface area contributed by atoms with E-state index >= 15 is 0 Å². The molecular weight excluding hydrogens is 460 g/mol. The Balaban J connectivity index is 1.10. The van der Waals surface area contributed by atoms with Gasteiger partial charge in [0, 0.05) is 37.8 Å². The zero-order valence-electron chi connectivity index (χ0n) is 21.5. The molecule has 6 heteroatoms. The molecule has 1 amide bonds. The van der Waals surface area contributed by atoms with E-state index in [9.17, 15) is 4.79 Å². The summed E-state index contributed by atoms with van der Waals surface area (Å²) >= 11 is 0. The molecule has 2 fully saturated rings. The monoisotopic (exact) mass is 498 g/mol. The van der Waals surface area contributed by atoms with Gasteiger partial charge in [0.15, 0.2) is 0 Å². The first-order valence-electron chi connectivity index (χ1n) is 13.5. The number of nitrogen functional groups attached to an aromatic ring is 1. The smallest absolute Gasteiger partial charge is 0.410 e. The van der Waals surface area contributed by atoms with Gasteiger partial charge in [0.1, 0.15) is 0 Å². The molecule has 37 heavy (non-hydrogen) atoms. The summed E-state index contributed by atoms with van der Waals surface area (Å²) in [4.78, 5) is 17.5. The number of hydrogen-bond donors (Lipinski definition) is 2. The van der Waals surface area contributed by atoms with Crippen molar-refractivity contribution < 1.29 is 9.53 Å². The van der Waals surface area contributed by atoms with Crippen molar-refractivity contribution in [3.8, 4) is 0 Å². The van der Waals surface area contributed by atoms with Gasteiger partial charge >= 0.3 is 6.09 Å². The SMILES string of the molecule is Nc1ccccc1NC1CC2CCC(C1)N2C(=O)OCCCN(Cc1ccccc1)Cc1ccccc1. The summed E-state index contributed by atoms with van der Waals surface area (Å²) in [6.45, 7) is 3.06. The number of hydrogen-bond acceptors (Lipinski definition) is 5. The number of nitrogens with two attached hydrogens (primary N) is 1. The summed E-state index contributed by atoms with van der Waals surface area (Å²) < 4.78 is 5.81. The van der Waals surface area contributed by atoms with Gasteiger partial charge in [0.05, 0.1) is 18.0 Å². The van der Waals surface area contributed by atoms with E-state index in [1.807, 2.05) is 41.3 Å². The van der Waals surface area contributed by atoms with E-state index in [0.29, 0.717) is 12.6 Å². The van der Waals surface area contributed by atoms with Crippen molar-refractivity contribution in [3.63, 3.8) is 0 Å². The van der Waals surface area contributed by atoms with Crippen LogP contribution in [0.2, 0.25) is 0 Å². The molecule has 2 aliphatic heterocycles. The fraction of sp³-hybridized carbons (Fsp3) is 0.387. The first-order valence-corrected chi connectivity index (χ1v) is 13.5. The molecular formula is C31H38N4O2. The number of fused-ring (bicyclic) bond motifs is 2. The molecule has 0 aromatic heterocycles. The average molecular weight is 499 g/mol. The van der Waals surface area contributed by atoms with Gasteiger partial charge in [-0.15, -0.1) is 0 Å². The van der Waals surface area contributed by atoms with E-state index < -0.39 is 0 Å². The fourth-order valence-corrected chi connectivity index (χ4v) is 5.86. The summed E-state index contributed by atoms with van der Waals surface area (Å²) in [6.07, 6.45) is 4.62. The van der Waals surface area contributed by atoms with E-state index in [1.165, 1.54) is 11.1 Å². The van der Waals surface area contributed by atoms with Crippen LogP contribution in [0.5, 0.6) is 0 Å². The standard InChI is InChI=1S/C31H38N4O2/c32-29-14-7-8-15-30(29)33-26-20-27-16-17-28(21-26)35(27)31(36)37-19-9-18-34(22-24-10-3-1-4-11-24)23-25-12-5-2-6-13-25/h1-8,10-15,26-28,33H,9,16-23,32H2. The van der Waals surface area contributed by atoms with Crippen LogP contribution in [-0.2, 0) is 17.8 Å². The molecule has 0 radical (unpaired) electrons. The minimum absolute atomic E-state index is 0.150. The summed E-state index contributed by atoms with van der Waals surface area (Å²) in [6, 6.07) is 29.8. The molecule has 3 aromatic rings. The molecule has 0 aliphatic carbocycles. The van der Waals surface area contributed by atoms with Crippen molar-refractivity contribution in [3.05, 3.63) is 96.1 Å². The minimum atomic E-state index is -0.150. The molecule has 2 atom stereocenters. The molecule has 0 spiro atoms. The fourth-order valence-electron chi connectivity index (χ4n) is 5.86. The quantitative estimate of drug-likeness (QED) is 0.269. The van der Waals surface area contributed by atoms with E-state index in [2.05, 4.69) is 58.7 Å². The van der Waals surface area contributed by atoms with Crippen LogP contribution in [0.1, 0.15) is 43.2 Å². The first kappa shape index (κ1) is 25.2. The zero-order chi connectivity index (χ0) is 25.5. The van der Waals surface area contributed by atoms with Crippen LogP contribution in [0, 0.1) is 0 Å². The number of benzene rings is 3. The van der Waals surface area contributed by atoms with Crippen molar-refractivity contribution in [2.75, 3.05) is 24.2 Å². The average Bonchev–Trinajstić information content (AvgIpc) is 3.19. The van der Waals surface area contributed by atoms with Gasteiger partial charge in [0.2, 0.25) is 0 Å². The maximum absolute atomic E-state index is 13.1. The highest BCUT2D eigenvalue weighted by Crippen LogP contribution is 2.37. The summed E-state index contributed by atoms with van der Waals surface area (Å²) in [5.74, 6) is 0. The largest absolute Gasteiger partial charge is 0.449 e. The molecule has 2 saturated heterocycles. The number of nitrogens with one attached hydrogen (secondary N) is 1. The third-order valence-corrected chi connectivity index (χ3v) is 7.61. The molecule has 6 nitrogen and oxygen atoms in total. The highest BCUT2D eigenvalue weighted by Gasteiger charge is 2.44. The lowest BCUT2D eigenvalue weighted by molar-refractivity contribution is 0.0643. The van der Waals surface area contributed by atoms with Crippen LogP contribution in [0.15, 0.2) is 84.9 Å². The normalized spacial score (nSPS) is 20.7. The third-order valence-electron chi connectivity index (χ3n) is 7.61. The Bertz CT molecular complexity index is 1080. The van der Waals surface area contributed by atoms with Crippen LogP contribution in [0.3, 0.4) is 0 Å². The summed E-state index contributed by atoms with van der Waals surface area (Å²) in [5.41, 5.74) is 10.5. The molecule has 2 unspecified atom stereocenters. The van der Waals surface area contributed by atoms with Crippen molar-refractivity contribution in [2.24, 2.45) is 0 Å². The van der Waals surface area contributed by atoms with Crippen molar-refractivity contribution in [1.82, 2.24) is 9.80 Å². The number of nitrogens with zero attached hydrogens (tertiary/aromatic N) is 2. The van der Waals surface area contributed by atoms with Crippen molar-refractivity contribution in [1.29, 1.82) is 0 Å². The van der Waals surface area contributed by atoms with Gasteiger partial charge in [-0.2, -0.15) is 0 Å². The lowest BCUT2D eigenvalue weighted by Gasteiger charge is -2.39. The molecule has 194 valence electrons. The van der Waals surface area contributed by atoms with Gasteiger partial charge < -0.3 is 20.7 Å². The molecule has 0 saturated carbocycles. The third kappa shape index (κ3) is 6.63. The van der Waals surface area contributed by atoms with Crippen LogP contribution < -0.4 is 11.1 Å². The predicted molar refractivity (Wildman–Crippen MR) is 149 cm³/mol. The van der Waals surface area contributed by atoms with Gasteiger partial charge in [-0.05, 0) is 55.4 Å². The Morgan fingerprint density at radius 2 is 1.43 bits per heavy atom. The van der Waals surface area contributed by atoms with Gasteiger partial charge in [-0.1, -0.05) is 72.8 Å².